The fraction of sp³-hybridized carbons (Fsp3) is 0.667. The van der Waals surface area contributed by atoms with Gasteiger partial charge in [0, 0.05) is 6.54 Å². The van der Waals surface area contributed by atoms with Gasteiger partial charge in [-0.3, -0.25) is 9.78 Å². The Hall–Kier alpha value is -0.640. The summed E-state index contributed by atoms with van der Waals surface area (Å²) in [5.74, 6) is 0. The van der Waals surface area contributed by atoms with Gasteiger partial charge in [-0.2, -0.15) is 0 Å². The molecule has 1 heterocycles. The minimum atomic E-state index is 0.647. The van der Waals surface area contributed by atoms with E-state index in [4.69, 9.17) is 12.2 Å². The lowest BCUT2D eigenvalue weighted by Crippen LogP contribution is -1.98. The number of hydrogen-bond acceptors (Lipinski definition) is 2. The largest absolute Gasteiger partial charge is 0.286 e. The van der Waals surface area contributed by atoms with E-state index < -0.39 is 0 Å². The zero-order chi connectivity index (χ0) is 7.40. The van der Waals surface area contributed by atoms with E-state index in [1.165, 1.54) is 6.42 Å². The standard InChI is InChI=1S/C6H11N3S/c1-2-3-4-9-6(10)7-5-8-9/h5H,2-4H2,1H3,(H,7,8,10). The summed E-state index contributed by atoms with van der Waals surface area (Å²) >= 11 is 4.92. The maximum absolute atomic E-state index is 4.92. The van der Waals surface area contributed by atoms with Gasteiger partial charge in [0.25, 0.3) is 0 Å². The lowest BCUT2D eigenvalue weighted by molar-refractivity contribution is 0.564. The van der Waals surface area contributed by atoms with E-state index in [-0.39, 0.29) is 0 Å². The maximum atomic E-state index is 4.92. The summed E-state index contributed by atoms with van der Waals surface area (Å²) in [4.78, 5) is 3.89. The first-order chi connectivity index (χ1) is 4.84. The Balaban J connectivity index is 2.57. The summed E-state index contributed by atoms with van der Waals surface area (Å²) in [7, 11) is 0. The lowest BCUT2D eigenvalue weighted by atomic mass is 10.3. The number of aromatic amines is 1. The van der Waals surface area contributed by atoms with Crippen molar-refractivity contribution < 1.29 is 0 Å². The molecule has 1 aromatic rings. The van der Waals surface area contributed by atoms with Gasteiger partial charge in [0.1, 0.15) is 6.33 Å². The molecule has 56 valence electrons. The van der Waals surface area contributed by atoms with Crippen LogP contribution in [0.3, 0.4) is 0 Å². The van der Waals surface area contributed by atoms with Crippen molar-refractivity contribution in [3.05, 3.63) is 11.1 Å². The summed E-state index contributed by atoms with van der Waals surface area (Å²) < 4.78 is 2.52. The summed E-state index contributed by atoms with van der Waals surface area (Å²) in [6.07, 6.45) is 3.95. The zero-order valence-electron chi connectivity index (χ0n) is 6.00. The first-order valence-electron chi connectivity index (χ1n) is 3.45. The van der Waals surface area contributed by atoms with E-state index in [0.717, 1.165) is 13.0 Å². The van der Waals surface area contributed by atoms with Gasteiger partial charge in [0.2, 0.25) is 4.77 Å². The van der Waals surface area contributed by atoms with Crippen LogP contribution in [0.4, 0.5) is 0 Å². The summed E-state index contributed by atoms with van der Waals surface area (Å²) in [6, 6.07) is 0. The number of H-pyrrole nitrogens is 1. The lowest BCUT2D eigenvalue weighted by Gasteiger charge is -1.97. The molecule has 1 aromatic heterocycles. The summed E-state index contributed by atoms with van der Waals surface area (Å²) in [5.41, 5.74) is 0. The van der Waals surface area contributed by atoms with Crippen molar-refractivity contribution in [2.24, 2.45) is 0 Å². The predicted octanol–water partition coefficient (Wildman–Crippen LogP) is 1.74. The monoisotopic (exact) mass is 157 g/mol. The molecule has 0 amide bonds. The third-order valence-electron chi connectivity index (χ3n) is 1.35. The first kappa shape index (κ1) is 7.47. The number of rotatable bonds is 3. The number of nitrogens with zero attached hydrogens (tertiary/aromatic N) is 2. The molecule has 0 atom stereocenters. The predicted molar refractivity (Wildman–Crippen MR) is 42.3 cm³/mol. The van der Waals surface area contributed by atoms with Crippen molar-refractivity contribution in [2.45, 2.75) is 26.3 Å². The molecule has 0 spiro atoms. The molecule has 0 radical (unpaired) electrons. The van der Waals surface area contributed by atoms with Crippen molar-refractivity contribution in [1.29, 1.82) is 0 Å². The highest BCUT2D eigenvalue weighted by Gasteiger charge is 1.90. The van der Waals surface area contributed by atoms with Gasteiger partial charge in [-0.05, 0) is 18.6 Å². The second kappa shape index (κ2) is 3.51. The van der Waals surface area contributed by atoms with Gasteiger partial charge in [0.15, 0.2) is 0 Å². The molecule has 0 saturated heterocycles. The third kappa shape index (κ3) is 1.67. The average Bonchev–Trinajstić information content (AvgIpc) is 2.31. The molecule has 1 rings (SSSR count). The quantitative estimate of drug-likeness (QED) is 0.678. The van der Waals surface area contributed by atoms with Gasteiger partial charge in [-0.15, -0.1) is 0 Å². The molecule has 1 N–H and O–H groups in total. The van der Waals surface area contributed by atoms with Crippen LogP contribution in [-0.4, -0.2) is 14.8 Å². The van der Waals surface area contributed by atoms with E-state index in [9.17, 15) is 0 Å². The van der Waals surface area contributed by atoms with Gasteiger partial charge in [-0.1, -0.05) is 13.3 Å². The third-order valence-corrected chi connectivity index (χ3v) is 1.68. The molecule has 0 fully saturated rings. The zero-order valence-corrected chi connectivity index (χ0v) is 6.82. The highest BCUT2D eigenvalue weighted by molar-refractivity contribution is 7.71. The van der Waals surface area contributed by atoms with Gasteiger partial charge >= 0.3 is 0 Å². The minimum Gasteiger partial charge on any atom is -0.286 e. The Labute approximate surface area is 65.1 Å². The van der Waals surface area contributed by atoms with Crippen molar-refractivity contribution >= 4 is 12.2 Å². The van der Waals surface area contributed by atoms with E-state index in [1.807, 2.05) is 4.68 Å². The highest BCUT2D eigenvalue weighted by Crippen LogP contribution is 1.92. The first-order valence-corrected chi connectivity index (χ1v) is 3.85. The molecule has 0 saturated carbocycles. The molecule has 0 unspecified atom stereocenters. The van der Waals surface area contributed by atoms with E-state index >= 15 is 0 Å². The molecule has 0 aliphatic heterocycles. The van der Waals surface area contributed by atoms with Crippen LogP contribution >= 0.6 is 12.2 Å². The summed E-state index contributed by atoms with van der Waals surface area (Å²) in [5, 5.41) is 2.94. The highest BCUT2D eigenvalue weighted by atomic mass is 32.1. The van der Waals surface area contributed by atoms with E-state index in [1.54, 1.807) is 6.33 Å². The minimum absolute atomic E-state index is 0.647. The Morgan fingerprint density at radius 3 is 3.10 bits per heavy atom. The van der Waals surface area contributed by atoms with Crippen LogP contribution in [0.1, 0.15) is 19.8 Å². The fourth-order valence-electron chi connectivity index (χ4n) is 0.755. The Kier molecular flexibility index (Phi) is 2.62. The van der Waals surface area contributed by atoms with Crippen LogP contribution in [0.2, 0.25) is 0 Å². The van der Waals surface area contributed by atoms with Gasteiger partial charge in [0.05, 0.1) is 0 Å². The van der Waals surface area contributed by atoms with E-state index in [2.05, 4.69) is 17.0 Å². The van der Waals surface area contributed by atoms with Crippen LogP contribution in [-0.2, 0) is 6.54 Å². The van der Waals surface area contributed by atoms with Crippen LogP contribution in [0.15, 0.2) is 6.33 Å². The van der Waals surface area contributed by atoms with Crippen molar-refractivity contribution in [3.8, 4) is 0 Å². The van der Waals surface area contributed by atoms with Gasteiger partial charge in [-0.25, -0.2) is 4.98 Å². The molecule has 0 aliphatic carbocycles. The Morgan fingerprint density at radius 2 is 2.60 bits per heavy atom. The normalized spacial score (nSPS) is 10.1. The Morgan fingerprint density at radius 1 is 1.80 bits per heavy atom. The van der Waals surface area contributed by atoms with E-state index in [0.29, 0.717) is 4.77 Å². The number of unbranched alkanes of at least 4 members (excludes halogenated alkanes) is 1. The van der Waals surface area contributed by atoms with Crippen LogP contribution in [0.5, 0.6) is 0 Å². The molecule has 0 aliphatic rings. The number of aromatic nitrogens is 3. The van der Waals surface area contributed by atoms with Crippen LogP contribution < -0.4 is 0 Å². The smallest absolute Gasteiger partial charge is 0.215 e. The number of hydrogen-bond donors (Lipinski definition) is 1. The second-order valence-corrected chi connectivity index (χ2v) is 2.54. The second-order valence-electron chi connectivity index (χ2n) is 2.18. The molecule has 10 heavy (non-hydrogen) atoms. The fourth-order valence-corrected chi connectivity index (χ4v) is 0.952. The molecule has 3 nitrogen and oxygen atoms in total. The van der Waals surface area contributed by atoms with Crippen molar-refractivity contribution in [1.82, 2.24) is 14.8 Å². The number of nitrogens with one attached hydrogen (secondary N) is 1. The molecule has 0 aromatic carbocycles. The number of aryl methyl sites for hydroxylation is 1. The maximum Gasteiger partial charge on any atom is 0.215 e. The average molecular weight is 157 g/mol. The van der Waals surface area contributed by atoms with Crippen LogP contribution in [0.25, 0.3) is 0 Å². The van der Waals surface area contributed by atoms with Crippen LogP contribution in [0, 0.1) is 4.77 Å². The molecule has 4 heteroatoms. The molecular formula is C6H11N3S. The molecule has 0 bridgehead atoms. The van der Waals surface area contributed by atoms with Crippen molar-refractivity contribution in [2.75, 3.05) is 0 Å². The topological polar surface area (TPSA) is 33.6 Å². The summed E-state index contributed by atoms with van der Waals surface area (Å²) in [6.45, 7) is 3.11. The molecular weight excluding hydrogens is 146 g/mol. The SMILES string of the molecule is CCCCn1[nH]cnc1=S. The van der Waals surface area contributed by atoms with Gasteiger partial charge < -0.3 is 0 Å². The Bertz CT molecular complexity index is 237. The van der Waals surface area contributed by atoms with Crippen molar-refractivity contribution in [3.63, 3.8) is 0 Å².